The van der Waals surface area contributed by atoms with Crippen molar-refractivity contribution in [1.29, 1.82) is 0 Å². The number of fused-ring (bicyclic) bond motifs is 1. The highest BCUT2D eigenvalue weighted by molar-refractivity contribution is 7.08. The topological polar surface area (TPSA) is 24.9 Å². The van der Waals surface area contributed by atoms with Gasteiger partial charge in [-0.3, -0.25) is 4.98 Å². The highest BCUT2D eigenvalue weighted by Crippen LogP contribution is 2.31. The predicted molar refractivity (Wildman–Crippen MR) is 90.9 cm³/mol. The number of rotatable bonds is 5. The fourth-order valence-electron chi connectivity index (χ4n) is 2.71. The summed E-state index contributed by atoms with van der Waals surface area (Å²) in [7, 11) is 0. The van der Waals surface area contributed by atoms with Crippen molar-refractivity contribution in [2.75, 3.05) is 6.54 Å². The summed E-state index contributed by atoms with van der Waals surface area (Å²) in [5.41, 5.74) is 3.98. The number of benzene rings is 1. The van der Waals surface area contributed by atoms with Crippen molar-refractivity contribution in [3.63, 3.8) is 0 Å². The van der Waals surface area contributed by atoms with Gasteiger partial charge in [-0.25, -0.2) is 0 Å². The third kappa shape index (κ3) is 2.85. The molecule has 0 aliphatic heterocycles. The lowest BCUT2D eigenvalue weighted by molar-refractivity contribution is 0.599. The first-order valence-electron chi connectivity index (χ1n) is 7.40. The summed E-state index contributed by atoms with van der Waals surface area (Å²) >= 11 is 1.77. The monoisotopic (exact) mass is 296 g/mol. The first-order chi connectivity index (χ1) is 10.3. The normalized spacial score (nSPS) is 12.7. The second kappa shape index (κ2) is 6.37. The van der Waals surface area contributed by atoms with Gasteiger partial charge >= 0.3 is 0 Å². The molecule has 3 rings (SSSR count). The van der Waals surface area contributed by atoms with E-state index in [1.807, 2.05) is 12.4 Å². The number of aryl methyl sites for hydroxylation is 1. The summed E-state index contributed by atoms with van der Waals surface area (Å²) in [6, 6.07) is 8.70. The number of nitrogens with zero attached hydrogens (tertiary/aromatic N) is 1. The van der Waals surface area contributed by atoms with Crippen LogP contribution in [0.15, 0.2) is 47.4 Å². The molecule has 1 unspecified atom stereocenters. The molecule has 0 aliphatic carbocycles. The average molecular weight is 296 g/mol. The lowest BCUT2D eigenvalue weighted by Gasteiger charge is -2.20. The summed E-state index contributed by atoms with van der Waals surface area (Å²) in [4.78, 5) is 4.44. The summed E-state index contributed by atoms with van der Waals surface area (Å²) in [6.07, 6.45) is 5.07. The van der Waals surface area contributed by atoms with Gasteiger partial charge in [0.05, 0.1) is 6.04 Å². The Balaban J connectivity index is 2.12. The molecule has 108 valence electrons. The Morgan fingerprint density at radius 1 is 1.14 bits per heavy atom. The maximum absolute atomic E-state index is 4.44. The van der Waals surface area contributed by atoms with E-state index in [1.54, 1.807) is 11.3 Å². The van der Waals surface area contributed by atoms with E-state index in [0.717, 1.165) is 13.0 Å². The van der Waals surface area contributed by atoms with Crippen molar-refractivity contribution in [3.05, 3.63) is 64.1 Å². The third-order valence-corrected chi connectivity index (χ3v) is 4.69. The molecule has 0 aliphatic rings. The molecule has 0 spiro atoms. The number of hydrogen-bond donors (Lipinski definition) is 1. The van der Waals surface area contributed by atoms with E-state index in [9.17, 15) is 0 Å². The number of nitrogens with one attached hydrogen (secondary N) is 1. The van der Waals surface area contributed by atoms with Gasteiger partial charge in [0, 0.05) is 17.8 Å². The molecule has 1 atom stereocenters. The number of hydrogen-bond acceptors (Lipinski definition) is 3. The van der Waals surface area contributed by atoms with Crippen LogP contribution in [-0.2, 0) is 0 Å². The number of aromatic nitrogens is 1. The van der Waals surface area contributed by atoms with E-state index >= 15 is 0 Å². The predicted octanol–water partition coefficient (Wildman–Crippen LogP) is 4.69. The molecule has 2 nitrogen and oxygen atoms in total. The zero-order valence-corrected chi connectivity index (χ0v) is 13.3. The molecule has 1 aromatic carbocycles. The standard InChI is InChI=1S/C18H20N2S/c1-3-8-20-18(17-12-21-11-13(17)2)16-10-19-9-14-6-4-5-7-15(14)16/h4-7,9-12,18,20H,3,8H2,1-2H3. The molecule has 0 saturated carbocycles. The number of thiophene rings is 1. The van der Waals surface area contributed by atoms with Crippen molar-refractivity contribution < 1.29 is 0 Å². The van der Waals surface area contributed by atoms with Gasteiger partial charge in [0.15, 0.2) is 0 Å². The van der Waals surface area contributed by atoms with Crippen LogP contribution in [-0.4, -0.2) is 11.5 Å². The van der Waals surface area contributed by atoms with Crippen molar-refractivity contribution in [2.45, 2.75) is 26.3 Å². The maximum atomic E-state index is 4.44. The van der Waals surface area contributed by atoms with E-state index < -0.39 is 0 Å². The lowest BCUT2D eigenvalue weighted by Crippen LogP contribution is -2.23. The van der Waals surface area contributed by atoms with Crippen molar-refractivity contribution in [3.8, 4) is 0 Å². The molecule has 0 radical (unpaired) electrons. The molecule has 0 fully saturated rings. The van der Waals surface area contributed by atoms with E-state index in [4.69, 9.17) is 0 Å². The van der Waals surface area contributed by atoms with Crippen LogP contribution in [0.4, 0.5) is 0 Å². The van der Waals surface area contributed by atoms with Crippen molar-refractivity contribution in [2.24, 2.45) is 0 Å². The van der Waals surface area contributed by atoms with Gasteiger partial charge in [0.2, 0.25) is 0 Å². The summed E-state index contributed by atoms with van der Waals surface area (Å²) in [5.74, 6) is 0. The third-order valence-electron chi connectivity index (χ3n) is 3.81. The first kappa shape index (κ1) is 14.2. The summed E-state index contributed by atoms with van der Waals surface area (Å²) < 4.78 is 0. The Morgan fingerprint density at radius 3 is 2.76 bits per heavy atom. The molecule has 0 saturated heterocycles. The smallest absolute Gasteiger partial charge is 0.0609 e. The largest absolute Gasteiger partial charge is 0.306 e. The highest BCUT2D eigenvalue weighted by atomic mass is 32.1. The Kier molecular flexibility index (Phi) is 4.32. The van der Waals surface area contributed by atoms with E-state index in [0.29, 0.717) is 0 Å². The Hall–Kier alpha value is -1.71. The van der Waals surface area contributed by atoms with Crippen LogP contribution in [0, 0.1) is 6.92 Å². The van der Waals surface area contributed by atoms with Gasteiger partial charge in [0.1, 0.15) is 0 Å². The molecule has 2 aromatic heterocycles. The van der Waals surface area contributed by atoms with Crippen molar-refractivity contribution in [1.82, 2.24) is 10.3 Å². The molecular formula is C18H20N2S. The zero-order valence-electron chi connectivity index (χ0n) is 12.5. The highest BCUT2D eigenvalue weighted by Gasteiger charge is 2.18. The Morgan fingerprint density at radius 2 is 2.00 bits per heavy atom. The number of pyridine rings is 1. The second-order valence-corrected chi connectivity index (χ2v) is 6.09. The zero-order chi connectivity index (χ0) is 14.7. The average Bonchev–Trinajstić information content (AvgIpc) is 2.94. The first-order valence-corrected chi connectivity index (χ1v) is 8.34. The van der Waals surface area contributed by atoms with Crippen molar-refractivity contribution >= 4 is 22.1 Å². The molecular weight excluding hydrogens is 276 g/mol. The molecule has 3 aromatic rings. The fraction of sp³-hybridized carbons (Fsp3) is 0.278. The van der Waals surface area contributed by atoms with Crippen LogP contribution in [0.2, 0.25) is 0 Å². The molecule has 21 heavy (non-hydrogen) atoms. The van der Waals surface area contributed by atoms with Gasteiger partial charge in [-0.05, 0) is 52.7 Å². The summed E-state index contributed by atoms with van der Waals surface area (Å²) in [5, 5.41) is 10.6. The Bertz CT molecular complexity index is 727. The van der Waals surface area contributed by atoms with Gasteiger partial charge in [-0.15, -0.1) is 0 Å². The Labute approximate surface area is 129 Å². The maximum Gasteiger partial charge on any atom is 0.0609 e. The van der Waals surface area contributed by atoms with Gasteiger partial charge in [0.25, 0.3) is 0 Å². The molecule has 0 bridgehead atoms. The van der Waals surface area contributed by atoms with Gasteiger partial charge in [-0.1, -0.05) is 31.2 Å². The van der Waals surface area contributed by atoms with Gasteiger partial charge < -0.3 is 5.32 Å². The fourth-order valence-corrected chi connectivity index (χ4v) is 3.59. The van der Waals surface area contributed by atoms with E-state index in [1.165, 1.54) is 27.5 Å². The SMILES string of the molecule is CCCNC(c1cscc1C)c1cncc2ccccc12. The van der Waals surface area contributed by atoms with E-state index in [-0.39, 0.29) is 6.04 Å². The van der Waals surface area contributed by atoms with Crippen LogP contribution in [0.3, 0.4) is 0 Å². The minimum Gasteiger partial charge on any atom is -0.306 e. The molecule has 3 heteroatoms. The van der Waals surface area contributed by atoms with E-state index in [2.05, 4.69) is 59.2 Å². The van der Waals surface area contributed by atoms with Crippen LogP contribution in [0.5, 0.6) is 0 Å². The van der Waals surface area contributed by atoms with Gasteiger partial charge in [-0.2, -0.15) is 11.3 Å². The second-order valence-electron chi connectivity index (χ2n) is 5.35. The van der Waals surface area contributed by atoms with Crippen LogP contribution < -0.4 is 5.32 Å². The molecule has 0 amide bonds. The minimum atomic E-state index is 0.217. The molecule has 2 heterocycles. The summed E-state index contributed by atoms with van der Waals surface area (Å²) in [6.45, 7) is 5.39. The quantitative estimate of drug-likeness (QED) is 0.738. The van der Waals surface area contributed by atoms with Crippen LogP contribution in [0.1, 0.15) is 36.1 Å². The minimum absolute atomic E-state index is 0.217. The molecule has 1 N–H and O–H groups in total. The van der Waals surface area contributed by atoms with Crippen LogP contribution in [0.25, 0.3) is 10.8 Å². The van der Waals surface area contributed by atoms with Crippen LogP contribution >= 0.6 is 11.3 Å². The lowest BCUT2D eigenvalue weighted by atomic mass is 9.95.